The van der Waals surface area contributed by atoms with Crippen LogP contribution < -0.4 is 5.32 Å². The van der Waals surface area contributed by atoms with Crippen LogP contribution in [0.4, 0.5) is 0 Å². The van der Waals surface area contributed by atoms with Crippen LogP contribution in [0.1, 0.15) is 26.2 Å². The normalized spacial score (nSPS) is 11.1. The van der Waals surface area contributed by atoms with E-state index in [0.717, 1.165) is 6.92 Å². The van der Waals surface area contributed by atoms with Gasteiger partial charge in [-0.3, -0.25) is 9.59 Å². The van der Waals surface area contributed by atoms with Crippen molar-refractivity contribution in [2.75, 3.05) is 6.61 Å². The minimum absolute atomic E-state index is 0.161. The molecule has 2 N–H and O–H groups in total. The number of hydrogen-bond acceptors (Lipinski definition) is 5. The maximum Gasteiger partial charge on any atom is 0.326 e. The molecule has 94 valence electrons. The molecule has 7 heteroatoms. The number of nitriles is 1. The first-order valence-corrected chi connectivity index (χ1v) is 5.00. The highest BCUT2D eigenvalue weighted by Gasteiger charge is 2.19. The first-order chi connectivity index (χ1) is 7.97. The van der Waals surface area contributed by atoms with Gasteiger partial charge in [-0.15, -0.1) is 0 Å². The quantitative estimate of drug-likeness (QED) is 0.472. The Morgan fingerprint density at radius 1 is 1.47 bits per heavy atom. The lowest BCUT2D eigenvalue weighted by Crippen LogP contribution is -2.42. The van der Waals surface area contributed by atoms with Crippen LogP contribution in [0.25, 0.3) is 0 Å². The van der Waals surface area contributed by atoms with Crippen molar-refractivity contribution >= 4 is 17.8 Å². The lowest BCUT2D eigenvalue weighted by Gasteiger charge is -2.13. The maximum atomic E-state index is 11.2. The van der Waals surface area contributed by atoms with Crippen LogP contribution >= 0.6 is 0 Å². The molecule has 1 atom stereocenters. The predicted molar refractivity (Wildman–Crippen MR) is 55.7 cm³/mol. The number of esters is 1. The number of carboxylic acid groups (broad SMARTS) is 1. The molecule has 0 saturated carbocycles. The summed E-state index contributed by atoms with van der Waals surface area (Å²) in [5.74, 6) is -2.47. The highest BCUT2D eigenvalue weighted by Crippen LogP contribution is 2.00. The number of hydrogen-bond donors (Lipinski definition) is 2. The van der Waals surface area contributed by atoms with Gasteiger partial charge in [0.2, 0.25) is 0 Å². The molecule has 0 rings (SSSR count). The molecule has 7 nitrogen and oxygen atoms in total. The Morgan fingerprint density at radius 3 is 2.59 bits per heavy atom. The molecule has 0 fully saturated rings. The van der Waals surface area contributed by atoms with Gasteiger partial charge < -0.3 is 15.2 Å². The number of carbonyl (C=O) groups excluding carboxylic acids is 2. The van der Waals surface area contributed by atoms with Crippen LogP contribution in [0.3, 0.4) is 0 Å². The third kappa shape index (κ3) is 7.79. The summed E-state index contributed by atoms with van der Waals surface area (Å²) in [7, 11) is 0. The number of rotatable bonds is 7. The lowest BCUT2D eigenvalue weighted by molar-refractivity contribution is -0.148. The smallest absolute Gasteiger partial charge is 0.326 e. The van der Waals surface area contributed by atoms with Crippen molar-refractivity contribution in [2.24, 2.45) is 0 Å². The summed E-state index contributed by atoms with van der Waals surface area (Å²) in [4.78, 5) is 32.4. The number of unbranched alkanes of at least 4 members (excludes halogenated alkanes) is 1. The van der Waals surface area contributed by atoms with E-state index < -0.39 is 30.5 Å². The fourth-order valence-electron chi connectivity index (χ4n) is 1.05. The summed E-state index contributed by atoms with van der Waals surface area (Å²) in [6, 6.07) is 0.817. The van der Waals surface area contributed by atoms with Crippen LogP contribution in [-0.2, 0) is 19.1 Å². The third-order valence-electron chi connectivity index (χ3n) is 1.82. The number of ether oxygens (including phenoxy) is 1. The largest absolute Gasteiger partial charge is 0.480 e. The third-order valence-corrected chi connectivity index (χ3v) is 1.82. The van der Waals surface area contributed by atoms with E-state index in [1.165, 1.54) is 0 Å². The average Bonchev–Trinajstić information content (AvgIpc) is 2.25. The van der Waals surface area contributed by atoms with Crippen molar-refractivity contribution in [1.82, 2.24) is 5.32 Å². The van der Waals surface area contributed by atoms with Gasteiger partial charge in [0.05, 0.1) is 6.07 Å². The highest BCUT2D eigenvalue weighted by atomic mass is 16.5. The van der Waals surface area contributed by atoms with Gasteiger partial charge in [-0.25, -0.2) is 4.79 Å². The Labute approximate surface area is 98.4 Å². The molecule has 0 radical (unpaired) electrons. The van der Waals surface area contributed by atoms with Crippen LogP contribution in [0, 0.1) is 11.3 Å². The molecule has 0 heterocycles. The maximum absolute atomic E-state index is 11.2. The molecular weight excluding hydrogens is 228 g/mol. The summed E-state index contributed by atoms with van der Waals surface area (Å²) < 4.78 is 4.41. The van der Waals surface area contributed by atoms with Gasteiger partial charge in [0.15, 0.2) is 6.61 Å². The van der Waals surface area contributed by atoms with Gasteiger partial charge in [0.25, 0.3) is 5.91 Å². The van der Waals surface area contributed by atoms with E-state index in [9.17, 15) is 14.4 Å². The molecule has 0 aromatic heterocycles. The molecule has 0 aliphatic carbocycles. The second-order valence-corrected chi connectivity index (χ2v) is 3.29. The molecule has 0 bridgehead atoms. The highest BCUT2D eigenvalue weighted by molar-refractivity contribution is 5.85. The summed E-state index contributed by atoms with van der Waals surface area (Å²) >= 11 is 0. The number of aliphatic carboxylic acids is 1. The van der Waals surface area contributed by atoms with Crippen LogP contribution in [0.15, 0.2) is 0 Å². The molecule has 0 aliphatic heterocycles. The zero-order chi connectivity index (χ0) is 13.3. The summed E-state index contributed by atoms with van der Waals surface area (Å²) in [6.07, 6.45) is 0.764. The second-order valence-electron chi connectivity index (χ2n) is 3.29. The lowest BCUT2D eigenvalue weighted by atomic mass is 10.1. The topological polar surface area (TPSA) is 116 Å². The zero-order valence-corrected chi connectivity index (χ0v) is 9.43. The first kappa shape index (κ1) is 14.9. The fraction of sp³-hybridized carbons (Fsp3) is 0.600. The van der Waals surface area contributed by atoms with Crippen LogP contribution in [0.5, 0.6) is 0 Å². The Kier molecular flexibility index (Phi) is 7.10. The second kappa shape index (κ2) is 8.10. The Bertz CT molecular complexity index is 334. The van der Waals surface area contributed by atoms with E-state index >= 15 is 0 Å². The van der Waals surface area contributed by atoms with Crippen LogP contribution in [-0.4, -0.2) is 35.6 Å². The van der Waals surface area contributed by atoms with Gasteiger partial charge in [-0.1, -0.05) is 0 Å². The van der Waals surface area contributed by atoms with Crippen LogP contribution in [0.2, 0.25) is 0 Å². The number of amides is 1. The Hall–Kier alpha value is -2.10. The van der Waals surface area contributed by atoms with Gasteiger partial charge in [0, 0.05) is 13.3 Å². The molecule has 0 unspecified atom stereocenters. The van der Waals surface area contributed by atoms with Crippen molar-refractivity contribution in [3.05, 3.63) is 0 Å². The molecule has 0 saturated heterocycles. The van der Waals surface area contributed by atoms with E-state index in [4.69, 9.17) is 10.4 Å². The number of nitrogens with zero attached hydrogens (tertiary/aromatic N) is 1. The Morgan fingerprint density at radius 2 is 2.12 bits per heavy atom. The number of carboxylic acids is 1. The minimum Gasteiger partial charge on any atom is -0.480 e. The van der Waals surface area contributed by atoms with Gasteiger partial charge in [0.1, 0.15) is 6.04 Å². The summed E-state index contributed by atoms with van der Waals surface area (Å²) in [5.41, 5.74) is 0. The zero-order valence-electron chi connectivity index (χ0n) is 9.43. The predicted octanol–water partition coefficient (Wildman–Crippen LogP) is -0.187. The molecule has 0 spiro atoms. The van der Waals surface area contributed by atoms with E-state index in [2.05, 4.69) is 10.1 Å². The standard InChI is InChI=1S/C10H14N2O5/c1-7(13)17-6-9(14)12-8(10(15)16)4-2-3-5-11/h8H,2-4,6H2,1H3,(H,12,14)(H,15,16)/t8-/m0/s1. The molecule has 0 aromatic rings. The van der Waals surface area contributed by atoms with E-state index in [0.29, 0.717) is 6.42 Å². The Balaban J connectivity index is 4.07. The van der Waals surface area contributed by atoms with Crippen molar-refractivity contribution in [3.63, 3.8) is 0 Å². The van der Waals surface area contributed by atoms with Gasteiger partial charge in [-0.05, 0) is 12.8 Å². The van der Waals surface area contributed by atoms with Gasteiger partial charge >= 0.3 is 11.9 Å². The molecule has 0 aliphatic rings. The van der Waals surface area contributed by atoms with E-state index in [1.807, 2.05) is 6.07 Å². The molecule has 0 aromatic carbocycles. The van der Waals surface area contributed by atoms with Crippen molar-refractivity contribution < 1.29 is 24.2 Å². The van der Waals surface area contributed by atoms with Crippen molar-refractivity contribution in [3.8, 4) is 6.07 Å². The average molecular weight is 242 g/mol. The first-order valence-electron chi connectivity index (χ1n) is 5.00. The minimum atomic E-state index is -1.18. The fourth-order valence-corrected chi connectivity index (χ4v) is 1.05. The SMILES string of the molecule is CC(=O)OCC(=O)N[C@@H](CCCC#N)C(=O)O. The van der Waals surface area contributed by atoms with Crippen molar-refractivity contribution in [2.45, 2.75) is 32.2 Å². The monoisotopic (exact) mass is 242 g/mol. The molecule has 1 amide bonds. The summed E-state index contributed by atoms with van der Waals surface area (Å²) in [5, 5.41) is 19.3. The molecular formula is C10H14N2O5. The molecule has 17 heavy (non-hydrogen) atoms. The number of carbonyl (C=O) groups is 3. The van der Waals surface area contributed by atoms with E-state index in [-0.39, 0.29) is 12.8 Å². The number of nitrogens with one attached hydrogen (secondary N) is 1. The summed E-state index contributed by atoms with van der Waals surface area (Å²) in [6.45, 7) is 0.645. The van der Waals surface area contributed by atoms with E-state index in [1.54, 1.807) is 0 Å². The van der Waals surface area contributed by atoms with Crippen molar-refractivity contribution in [1.29, 1.82) is 5.26 Å². The van der Waals surface area contributed by atoms with Gasteiger partial charge in [-0.2, -0.15) is 5.26 Å².